The van der Waals surface area contributed by atoms with Crippen LogP contribution in [-0.2, 0) is 9.59 Å². The zero-order valence-corrected chi connectivity index (χ0v) is 21.0. The van der Waals surface area contributed by atoms with Gasteiger partial charge in [-0.05, 0) is 72.4 Å². The number of fused-ring (bicyclic) bond motifs is 2. The highest BCUT2D eigenvalue weighted by Gasteiger charge is 2.46. The zero-order valence-electron chi connectivity index (χ0n) is 20.2. The number of ether oxygens (including phenoxy) is 2. The van der Waals surface area contributed by atoms with Crippen molar-refractivity contribution in [3.63, 3.8) is 0 Å². The van der Waals surface area contributed by atoms with Crippen LogP contribution in [0.3, 0.4) is 0 Å². The van der Waals surface area contributed by atoms with Gasteiger partial charge in [-0.15, -0.1) is 11.8 Å². The Morgan fingerprint density at radius 3 is 2.74 bits per heavy atom. The van der Waals surface area contributed by atoms with Gasteiger partial charge in [0.1, 0.15) is 6.17 Å². The van der Waals surface area contributed by atoms with Crippen molar-refractivity contribution in [3.05, 3.63) is 64.1 Å². The SMILES string of the molecule is COc1cc(C2NC(=O)C3C4=C(CC(C)CC4)SC3N2)ccc1OCC(=O)Nc1ccc(C)cc1. The van der Waals surface area contributed by atoms with E-state index in [1.165, 1.54) is 10.5 Å². The Morgan fingerprint density at radius 2 is 1.97 bits per heavy atom. The minimum Gasteiger partial charge on any atom is -0.493 e. The van der Waals surface area contributed by atoms with E-state index in [4.69, 9.17) is 9.47 Å². The molecule has 2 aromatic carbocycles. The lowest BCUT2D eigenvalue weighted by atomic mass is 9.83. The summed E-state index contributed by atoms with van der Waals surface area (Å²) in [5.41, 5.74) is 4.05. The van der Waals surface area contributed by atoms with E-state index in [1.807, 2.05) is 55.1 Å². The molecule has 1 saturated heterocycles. The molecule has 3 N–H and O–H groups in total. The van der Waals surface area contributed by atoms with Crippen molar-refractivity contribution in [1.29, 1.82) is 0 Å². The molecule has 4 unspecified atom stereocenters. The number of benzene rings is 2. The van der Waals surface area contributed by atoms with Crippen LogP contribution in [-0.4, -0.2) is 30.9 Å². The first-order valence-corrected chi connectivity index (χ1v) is 12.9. The van der Waals surface area contributed by atoms with Crippen molar-refractivity contribution < 1.29 is 19.1 Å². The monoisotopic (exact) mass is 493 g/mol. The Kier molecular flexibility index (Phi) is 6.75. The topological polar surface area (TPSA) is 88.7 Å². The van der Waals surface area contributed by atoms with Crippen LogP contribution in [0.1, 0.15) is 43.5 Å². The quantitative estimate of drug-likeness (QED) is 0.549. The lowest BCUT2D eigenvalue weighted by molar-refractivity contribution is -0.127. The van der Waals surface area contributed by atoms with Crippen molar-refractivity contribution >= 4 is 29.3 Å². The van der Waals surface area contributed by atoms with Gasteiger partial charge in [-0.25, -0.2) is 0 Å². The molecule has 5 rings (SSSR count). The van der Waals surface area contributed by atoms with E-state index in [1.54, 1.807) is 13.2 Å². The molecule has 0 spiro atoms. The number of aryl methyl sites for hydroxylation is 1. The largest absolute Gasteiger partial charge is 0.493 e. The zero-order chi connectivity index (χ0) is 24.5. The van der Waals surface area contributed by atoms with Gasteiger partial charge in [0.25, 0.3) is 5.91 Å². The normalized spacial score (nSPS) is 25.4. The number of anilines is 1. The minimum atomic E-state index is -0.317. The maximum Gasteiger partial charge on any atom is 0.262 e. The van der Waals surface area contributed by atoms with Gasteiger partial charge in [0.15, 0.2) is 18.1 Å². The third kappa shape index (κ3) is 5.04. The summed E-state index contributed by atoms with van der Waals surface area (Å²) in [5, 5.41) is 9.63. The standard InChI is InChI=1S/C27H31N3O4S/c1-15-4-8-18(9-5-15)28-23(31)14-34-20-11-7-17(13-21(20)33-3)25-29-26(32)24-19-10-6-16(2)12-22(19)35-27(24)30-25/h4-5,7-9,11,13,16,24-25,27,30H,6,10,12,14H2,1-3H3,(H,28,31)(H,29,32). The second kappa shape index (κ2) is 9.95. The number of thioether (sulfide) groups is 1. The third-order valence-corrected chi connectivity index (χ3v) is 8.24. The number of hydrogen-bond acceptors (Lipinski definition) is 6. The van der Waals surface area contributed by atoms with Crippen LogP contribution in [0.2, 0.25) is 0 Å². The Hall–Kier alpha value is -2.97. The summed E-state index contributed by atoms with van der Waals surface area (Å²) in [5.74, 6) is 1.39. The molecule has 1 aliphatic carbocycles. The minimum absolute atomic E-state index is 0.0523. The Morgan fingerprint density at radius 1 is 1.17 bits per heavy atom. The van der Waals surface area contributed by atoms with Crippen LogP contribution in [0.15, 0.2) is 52.9 Å². The predicted octanol–water partition coefficient (Wildman–Crippen LogP) is 4.50. The molecule has 184 valence electrons. The fourth-order valence-corrected chi connectivity index (χ4v) is 6.65. The average Bonchev–Trinajstić information content (AvgIpc) is 3.22. The molecule has 3 aliphatic rings. The van der Waals surface area contributed by atoms with Gasteiger partial charge in [-0.2, -0.15) is 0 Å². The number of hydrogen-bond donors (Lipinski definition) is 3. The fraction of sp³-hybridized carbons (Fsp3) is 0.407. The number of rotatable bonds is 6. The van der Waals surface area contributed by atoms with Gasteiger partial charge in [0.05, 0.1) is 18.4 Å². The van der Waals surface area contributed by atoms with Gasteiger partial charge in [0, 0.05) is 5.69 Å². The first-order valence-electron chi connectivity index (χ1n) is 12.0. The number of allylic oxidation sites excluding steroid dienone is 1. The van der Waals surface area contributed by atoms with Crippen LogP contribution < -0.4 is 25.4 Å². The van der Waals surface area contributed by atoms with Crippen molar-refractivity contribution in [3.8, 4) is 11.5 Å². The van der Waals surface area contributed by atoms with E-state index in [9.17, 15) is 9.59 Å². The molecule has 4 atom stereocenters. The maximum absolute atomic E-state index is 13.1. The molecule has 0 aromatic heterocycles. The fourth-order valence-electron chi connectivity index (χ4n) is 4.95. The Bertz CT molecular complexity index is 1160. The second-order valence-electron chi connectivity index (χ2n) is 9.53. The molecule has 1 fully saturated rings. The molecule has 2 amide bonds. The molecule has 2 heterocycles. The van der Waals surface area contributed by atoms with Gasteiger partial charge in [0.2, 0.25) is 5.91 Å². The van der Waals surface area contributed by atoms with E-state index >= 15 is 0 Å². The summed E-state index contributed by atoms with van der Waals surface area (Å²) in [6.45, 7) is 4.14. The molecule has 0 bridgehead atoms. The second-order valence-corrected chi connectivity index (χ2v) is 10.8. The lowest BCUT2D eigenvalue weighted by Crippen LogP contribution is -2.54. The van der Waals surface area contributed by atoms with Gasteiger partial charge < -0.3 is 20.1 Å². The predicted molar refractivity (Wildman–Crippen MR) is 137 cm³/mol. The first-order chi connectivity index (χ1) is 16.9. The smallest absolute Gasteiger partial charge is 0.262 e. The summed E-state index contributed by atoms with van der Waals surface area (Å²) in [7, 11) is 1.56. The molecule has 2 aliphatic heterocycles. The molecule has 0 radical (unpaired) electrons. The summed E-state index contributed by atoms with van der Waals surface area (Å²) in [6, 6.07) is 13.1. The van der Waals surface area contributed by atoms with E-state index in [0.29, 0.717) is 17.4 Å². The van der Waals surface area contributed by atoms with E-state index in [0.717, 1.165) is 36.1 Å². The van der Waals surface area contributed by atoms with Gasteiger partial charge >= 0.3 is 0 Å². The first kappa shape index (κ1) is 23.8. The van der Waals surface area contributed by atoms with Crippen LogP contribution in [0.4, 0.5) is 5.69 Å². The van der Waals surface area contributed by atoms with Crippen molar-refractivity contribution in [2.45, 2.75) is 44.6 Å². The molecule has 7 nitrogen and oxygen atoms in total. The van der Waals surface area contributed by atoms with Crippen LogP contribution in [0.5, 0.6) is 11.5 Å². The maximum atomic E-state index is 13.1. The van der Waals surface area contributed by atoms with Crippen molar-refractivity contribution in [2.24, 2.45) is 11.8 Å². The van der Waals surface area contributed by atoms with Gasteiger partial charge in [-0.1, -0.05) is 30.7 Å². The molecular weight excluding hydrogens is 462 g/mol. The van der Waals surface area contributed by atoms with E-state index < -0.39 is 0 Å². The summed E-state index contributed by atoms with van der Waals surface area (Å²) in [4.78, 5) is 26.8. The highest BCUT2D eigenvalue weighted by atomic mass is 32.2. The summed E-state index contributed by atoms with van der Waals surface area (Å²) < 4.78 is 11.3. The van der Waals surface area contributed by atoms with Crippen LogP contribution >= 0.6 is 11.8 Å². The molecule has 2 aromatic rings. The molecule has 8 heteroatoms. The molecular formula is C27H31N3O4S. The summed E-state index contributed by atoms with van der Waals surface area (Å²) >= 11 is 1.82. The number of nitrogens with one attached hydrogen (secondary N) is 3. The Balaban J connectivity index is 1.23. The summed E-state index contributed by atoms with van der Waals surface area (Å²) in [6.07, 6.45) is 2.93. The van der Waals surface area contributed by atoms with Crippen molar-refractivity contribution in [1.82, 2.24) is 10.6 Å². The van der Waals surface area contributed by atoms with E-state index in [-0.39, 0.29) is 35.9 Å². The highest BCUT2D eigenvalue weighted by Crippen LogP contribution is 2.51. The number of carbonyl (C=O) groups excluding carboxylic acids is 2. The lowest BCUT2D eigenvalue weighted by Gasteiger charge is -2.35. The van der Waals surface area contributed by atoms with Crippen LogP contribution in [0.25, 0.3) is 0 Å². The average molecular weight is 494 g/mol. The third-order valence-electron chi connectivity index (χ3n) is 6.86. The van der Waals surface area contributed by atoms with Gasteiger partial charge in [-0.3, -0.25) is 14.9 Å². The number of methoxy groups -OCH3 is 1. The number of carbonyl (C=O) groups is 2. The molecule has 35 heavy (non-hydrogen) atoms. The Labute approximate surface area is 210 Å². The van der Waals surface area contributed by atoms with Crippen LogP contribution in [0, 0.1) is 18.8 Å². The van der Waals surface area contributed by atoms with E-state index in [2.05, 4.69) is 22.9 Å². The van der Waals surface area contributed by atoms with Crippen molar-refractivity contribution in [2.75, 3.05) is 19.0 Å². The highest BCUT2D eigenvalue weighted by molar-refractivity contribution is 8.04. The molecule has 0 saturated carbocycles. The number of amides is 2.